The Balaban J connectivity index is 1.89. The van der Waals surface area contributed by atoms with E-state index in [1.54, 1.807) is 4.90 Å². The third-order valence-corrected chi connectivity index (χ3v) is 3.54. The molecule has 2 amide bonds. The predicted molar refractivity (Wildman–Crippen MR) is 82.7 cm³/mol. The third-order valence-electron chi connectivity index (χ3n) is 3.54. The van der Waals surface area contributed by atoms with Crippen molar-refractivity contribution in [1.82, 2.24) is 4.90 Å². The Morgan fingerprint density at radius 1 is 1.52 bits per heavy atom. The average Bonchev–Trinajstić information content (AvgIpc) is 2.48. The van der Waals surface area contributed by atoms with Crippen molar-refractivity contribution in [1.29, 1.82) is 0 Å². The predicted octanol–water partition coefficient (Wildman–Crippen LogP) is 2.85. The minimum absolute atomic E-state index is 0.167. The summed E-state index contributed by atoms with van der Waals surface area (Å²) in [6, 6.07) is 7.25. The maximum atomic E-state index is 12.1. The minimum Gasteiger partial charge on any atom is -0.494 e. The minimum atomic E-state index is -0.409. The number of hydrogen-bond donors (Lipinski definition) is 2. The summed E-state index contributed by atoms with van der Waals surface area (Å²) in [4.78, 5) is 13.8. The molecule has 1 saturated heterocycles. The Kier molecular flexibility index (Phi) is 5.87. The molecule has 1 atom stereocenters. The van der Waals surface area contributed by atoms with Crippen LogP contribution in [-0.4, -0.2) is 41.8 Å². The van der Waals surface area contributed by atoms with E-state index in [1.807, 2.05) is 24.3 Å². The zero-order valence-corrected chi connectivity index (χ0v) is 12.5. The summed E-state index contributed by atoms with van der Waals surface area (Å²) in [6.07, 6.45) is 3.31. The van der Waals surface area contributed by atoms with Gasteiger partial charge in [-0.2, -0.15) is 0 Å². The number of nitrogens with zero attached hydrogens (tertiary/aromatic N) is 1. The van der Waals surface area contributed by atoms with E-state index < -0.39 is 6.10 Å². The summed E-state index contributed by atoms with van der Waals surface area (Å²) >= 11 is 0. The monoisotopic (exact) mass is 292 g/mol. The molecule has 1 fully saturated rings. The number of ether oxygens (including phenoxy) is 1. The first kappa shape index (κ1) is 15.6. The molecule has 1 unspecified atom stereocenters. The fourth-order valence-corrected chi connectivity index (χ4v) is 2.34. The van der Waals surface area contributed by atoms with Crippen LogP contribution < -0.4 is 10.1 Å². The van der Waals surface area contributed by atoms with Crippen LogP contribution >= 0.6 is 0 Å². The second-order valence-electron chi connectivity index (χ2n) is 5.40. The smallest absolute Gasteiger partial charge is 0.321 e. The van der Waals surface area contributed by atoms with Crippen LogP contribution in [0.15, 0.2) is 24.3 Å². The molecular formula is C16H24N2O3. The van der Waals surface area contributed by atoms with E-state index in [0.29, 0.717) is 25.4 Å². The Morgan fingerprint density at radius 2 is 2.38 bits per heavy atom. The number of aliphatic hydroxyl groups is 1. The van der Waals surface area contributed by atoms with E-state index in [9.17, 15) is 9.90 Å². The quantitative estimate of drug-likeness (QED) is 0.820. The number of rotatable bonds is 5. The summed E-state index contributed by atoms with van der Waals surface area (Å²) in [5.74, 6) is 0.764. The second kappa shape index (κ2) is 7.88. The lowest BCUT2D eigenvalue weighted by molar-refractivity contribution is 0.0883. The summed E-state index contributed by atoms with van der Waals surface area (Å²) in [5, 5.41) is 12.5. The van der Waals surface area contributed by atoms with E-state index in [2.05, 4.69) is 12.2 Å². The van der Waals surface area contributed by atoms with E-state index in [-0.39, 0.29) is 6.03 Å². The molecule has 1 aromatic carbocycles. The van der Waals surface area contributed by atoms with Crippen LogP contribution in [0.3, 0.4) is 0 Å². The fourth-order valence-electron chi connectivity index (χ4n) is 2.34. The van der Waals surface area contributed by atoms with Gasteiger partial charge in [0, 0.05) is 24.8 Å². The lowest BCUT2D eigenvalue weighted by Crippen LogP contribution is -2.44. The molecule has 21 heavy (non-hydrogen) atoms. The molecule has 5 heteroatoms. The molecule has 0 saturated carbocycles. The molecule has 0 bridgehead atoms. The SMILES string of the molecule is CCCCOc1cccc(NC(=O)N2CCCC(O)C2)c1. The van der Waals surface area contributed by atoms with Crippen molar-refractivity contribution in [2.45, 2.75) is 38.7 Å². The van der Waals surface area contributed by atoms with Crippen LogP contribution in [0, 0.1) is 0 Å². The summed E-state index contributed by atoms with van der Waals surface area (Å²) in [6.45, 7) is 3.90. The van der Waals surface area contributed by atoms with Crippen molar-refractivity contribution in [2.75, 3.05) is 25.0 Å². The van der Waals surface area contributed by atoms with Crippen molar-refractivity contribution in [3.8, 4) is 5.75 Å². The van der Waals surface area contributed by atoms with Gasteiger partial charge in [-0.25, -0.2) is 4.79 Å². The van der Waals surface area contributed by atoms with Crippen LogP contribution in [-0.2, 0) is 0 Å². The fraction of sp³-hybridized carbons (Fsp3) is 0.562. The van der Waals surface area contributed by atoms with Gasteiger partial charge < -0.3 is 20.1 Å². The number of β-amino-alcohol motifs (C(OH)–C–C–N with tert-alkyl or cyclic N) is 1. The Labute approximate surface area is 125 Å². The van der Waals surface area contributed by atoms with Crippen LogP contribution in [0.2, 0.25) is 0 Å². The maximum Gasteiger partial charge on any atom is 0.321 e. The number of nitrogens with one attached hydrogen (secondary N) is 1. The van der Waals surface area contributed by atoms with Gasteiger partial charge in [0.1, 0.15) is 5.75 Å². The van der Waals surface area contributed by atoms with E-state index in [1.165, 1.54) is 0 Å². The summed E-state index contributed by atoms with van der Waals surface area (Å²) in [5.41, 5.74) is 0.717. The first-order chi connectivity index (χ1) is 10.2. The first-order valence-electron chi connectivity index (χ1n) is 7.66. The van der Waals surface area contributed by atoms with Crippen molar-refractivity contribution in [3.63, 3.8) is 0 Å². The Bertz CT molecular complexity index is 465. The number of carbonyl (C=O) groups is 1. The topological polar surface area (TPSA) is 61.8 Å². The van der Waals surface area contributed by atoms with Crippen molar-refractivity contribution >= 4 is 11.7 Å². The largest absolute Gasteiger partial charge is 0.494 e. The number of piperidine rings is 1. The van der Waals surface area contributed by atoms with Gasteiger partial charge in [0.05, 0.1) is 12.7 Å². The Hall–Kier alpha value is -1.75. The zero-order chi connectivity index (χ0) is 15.1. The highest BCUT2D eigenvalue weighted by Gasteiger charge is 2.21. The number of anilines is 1. The van der Waals surface area contributed by atoms with E-state index in [4.69, 9.17) is 4.74 Å². The van der Waals surface area contributed by atoms with E-state index >= 15 is 0 Å². The third kappa shape index (κ3) is 4.93. The van der Waals surface area contributed by atoms with Gasteiger partial charge in [0.15, 0.2) is 0 Å². The molecule has 2 N–H and O–H groups in total. The lowest BCUT2D eigenvalue weighted by atomic mass is 10.1. The van der Waals surface area contributed by atoms with Gasteiger partial charge in [0.25, 0.3) is 0 Å². The highest BCUT2D eigenvalue weighted by molar-refractivity contribution is 5.89. The molecule has 0 aromatic heterocycles. The van der Waals surface area contributed by atoms with Crippen molar-refractivity contribution < 1.29 is 14.6 Å². The number of carbonyl (C=O) groups excluding carboxylic acids is 1. The van der Waals surface area contributed by atoms with Gasteiger partial charge in [-0.15, -0.1) is 0 Å². The van der Waals surface area contributed by atoms with Crippen LogP contribution in [0.25, 0.3) is 0 Å². The number of urea groups is 1. The van der Waals surface area contributed by atoms with Crippen LogP contribution in [0.1, 0.15) is 32.6 Å². The number of amides is 2. The van der Waals surface area contributed by atoms with Gasteiger partial charge in [-0.1, -0.05) is 19.4 Å². The molecule has 116 valence electrons. The number of hydrogen-bond acceptors (Lipinski definition) is 3. The number of likely N-dealkylation sites (tertiary alicyclic amines) is 1. The van der Waals surface area contributed by atoms with Gasteiger partial charge >= 0.3 is 6.03 Å². The molecule has 1 aliphatic heterocycles. The molecule has 0 spiro atoms. The zero-order valence-electron chi connectivity index (χ0n) is 12.5. The highest BCUT2D eigenvalue weighted by Crippen LogP contribution is 2.19. The van der Waals surface area contributed by atoms with Crippen LogP contribution in [0.4, 0.5) is 10.5 Å². The molecule has 2 rings (SSSR count). The second-order valence-corrected chi connectivity index (χ2v) is 5.40. The van der Waals surface area contributed by atoms with Crippen molar-refractivity contribution in [3.05, 3.63) is 24.3 Å². The number of unbranched alkanes of at least 4 members (excludes halogenated alkanes) is 1. The summed E-state index contributed by atoms with van der Waals surface area (Å²) < 4.78 is 5.63. The van der Waals surface area contributed by atoms with Crippen LogP contribution in [0.5, 0.6) is 5.75 Å². The van der Waals surface area contributed by atoms with E-state index in [0.717, 1.165) is 31.4 Å². The number of benzene rings is 1. The molecular weight excluding hydrogens is 268 g/mol. The first-order valence-corrected chi connectivity index (χ1v) is 7.66. The molecule has 1 aromatic rings. The van der Waals surface area contributed by atoms with Crippen molar-refractivity contribution in [2.24, 2.45) is 0 Å². The normalized spacial score (nSPS) is 18.4. The lowest BCUT2D eigenvalue weighted by Gasteiger charge is -2.30. The highest BCUT2D eigenvalue weighted by atomic mass is 16.5. The molecule has 1 aliphatic rings. The molecule has 5 nitrogen and oxygen atoms in total. The molecule has 1 heterocycles. The van der Waals surface area contributed by atoms with Gasteiger partial charge in [-0.05, 0) is 31.4 Å². The maximum absolute atomic E-state index is 12.1. The molecule has 0 aliphatic carbocycles. The number of aliphatic hydroxyl groups excluding tert-OH is 1. The van der Waals surface area contributed by atoms with Gasteiger partial charge in [-0.3, -0.25) is 0 Å². The standard InChI is InChI=1S/C16H24N2O3/c1-2-3-10-21-15-8-4-6-13(11-15)17-16(20)18-9-5-7-14(19)12-18/h4,6,8,11,14,19H,2-3,5,7,9-10,12H2,1H3,(H,17,20). The summed E-state index contributed by atoms with van der Waals surface area (Å²) in [7, 11) is 0. The van der Waals surface area contributed by atoms with Gasteiger partial charge in [0.2, 0.25) is 0 Å². The molecule has 0 radical (unpaired) electrons. The Morgan fingerprint density at radius 3 is 3.14 bits per heavy atom. The average molecular weight is 292 g/mol.